The first-order valence-electron chi connectivity index (χ1n) is 6.78. The van der Waals surface area contributed by atoms with E-state index in [0.717, 1.165) is 18.3 Å². The molecule has 0 aliphatic carbocycles. The molecule has 0 bridgehead atoms. The third kappa shape index (κ3) is 4.66. The molecule has 0 aliphatic heterocycles. The van der Waals surface area contributed by atoms with E-state index in [1.807, 2.05) is 0 Å². The number of aromatic nitrogens is 1. The zero-order valence-corrected chi connectivity index (χ0v) is 14.2. The molecule has 2 aromatic rings. The number of non-ortho nitro benzene ring substituents is 1. The van der Waals surface area contributed by atoms with Crippen molar-refractivity contribution in [3.63, 3.8) is 0 Å². The predicted octanol–water partition coefficient (Wildman–Crippen LogP) is 2.96. The maximum absolute atomic E-state index is 11.9. The number of nitro groups is 1. The van der Waals surface area contributed by atoms with Gasteiger partial charge in [-0.3, -0.25) is 14.9 Å². The standard InChI is InChI=1S/C15H8Cl2N4O5/c16-11-4-9(6-19-14(11)17)15(23)26-7-13(22)20-12-2-1-10(21(24)25)3-8(12)5-18/h1-4,6H,7H2,(H,20,22). The summed E-state index contributed by atoms with van der Waals surface area (Å²) >= 11 is 11.4. The van der Waals surface area contributed by atoms with Crippen molar-refractivity contribution in [3.05, 3.63) is 61.9 Å². The second kappa shape index (κ2) is 8.24. The minimum absolute atomic E-state index is 0.000231. The molecule has 0 spiro atoms. The summed E-state index contributed by atoms with van der Waals surface area (Å²) in [6.07, 6.45) is 1.14. The van der Waals surface area contributed by atoms with Crippen LogP contribution in [0.2, 0.25) is 10.2 Å². The molecule has 1 N–H and O–H groups in total. The highest BCUT2D eigenvalue weighted by atomic mass is 35.5. The molecule has 2 rings (SSSR count). The molecule has 11 heteroatoms. The Morgan fingerprint density at radius 3 is 2.69 bits per heavy atom. The van der Waals surface area contributed by atoms with Crippen molar-refractivity contribution >= 4 is 46.5 Å². The molecule has 0 fully saturated rings. The number of hydrogen-bond acceptors (Lipinski definition) is 7. The van der Waals surface area contributed by atoms with Gasteiger partial charge in [-0.15, -0.1) is 0 Å². The first-order chi connectivity index (χ1) is 12.3. The zero-order chi connectivity index (χ0) is 19.3. The van der Waals surface area contributed by atoms with Crippen LogP contribution in [0.25, 0.3) is 0 Å². The Balaban J connectivity index is 2.00. The number of ether oxygens (including phenoxy) is 1. The second-order valence-electron chi connectivity index (χ2n) is 4.72. The van der Waals surface area contributed by atoms with E-state index in [0.29, 0.717) is 0 Å². The quantitative estimate of drug-likeness (QED) is 0.356. The molecule has 1 amide bonds. The second-order valence-corrected chi connectivity index (χ2v) is 5.48. The highest BCUT2D eigenvalue weighted by Gasteiger charge is 2.15. The van der Waals surface area contributed by atoms with Crippen molar-refractivity contribution < 1.29 is 19.2 Å². The summed E-state index contributed by atoms with van der Waals surface area (Å²) in [5.41, 5.74) is -0.346. The average molecular weight is 395 g/mol. The van der Waals surface area contributed by atoms with Crippen LogP contribution in [-0.4, -0.2) is 28.4 Å². The van der Waals surface area contributed by atoms with Gasteiger partial charge in [-0.25, -0.2) is 9.78 Å². The lowest BCUT2D eigenvalue weighted by Crippen LogP contribution is -2.21. The van der Waals surface area contributed by atoms with Gasteiger partial charge >= 0.3 is 5.97 Å². The van der Waals surface area contributed by atoms with E-state index >= 15 is 0 Å². The lowest BCUT2D eigenvalue weighted by molar-refractivity contribution is -0.384. The Morgan fingerprint density at radius 2 is 2.08 bits per heavy atom. The average Bonchev–Trinajstić information content (AvgIpc) is 2.62. The van der Waals surface area contributed by atoms with E-state index in [1.54, 1.807) is 6.07 Å². The molecule has 132 valence electrons. The molecule has 0 aliphatic rings. The largest absolute Gasteiger partial charge is 0.452 e. The minimum Gasteiger partial charge on any atom is -0.452 e. The van der Waals surface area contributed by atoms with Gasteiger partial charge in [0.15, 0.2) is 6.61 Å². The lowest BCUT2D eigenvalue weighted by Gasteiger charge is -2.08. The fourth-order valence-electron chi connectivity index (χ4n) is 1.78. The number of benzene rings is 1. The van der Waals surface area contributed by atoms with Crippen molar-refractivity contribution in [2.24, 2.45) is 0 Å². The summed E-state index contributed by atoms with van der Waals surface area (Å²) in [7, 11) is 0. The van der Waals surface area contributed by atoms with Gasteiger partial charge in [0.05, 0.1) is 26.8 Å². The van der Waals surface area contributed by atoms with Crippen LogP contribution in [0, 0.1) is 21.4 Å². The fraction of sp³-hybridized carbons (Fsp3) is 0.0667. The molecule has 1 aromatic heterocycles. The molecule has 0 saturated carbocycles. The first kappa shape index (κ1) is 19.1. The molecular formula is C15H8Cl2N4O5. The van der Waals surface area contributed by atoms with Crippen LogP contribution in [0.4, 0.5) is 11.4 Å². The Morgan fingerprint density at radius 1 is 1.35 bits per heavy atom. The van der Waals surface area contributed by atoms with Gasteiger partial charge in [-0.2, -0.15) is 5.26 Å². The number of carbonyl (C=O) groups excluding carboxylic acids is 2. The Kier molecular flexibility index (Phi) is 6.06. The number of carbonyl (C=O) groups is 2. The van der Waals surface area contributed by atoms with E-state index in [2.05, 4.69) is 10.3 Å². The van der Waals surface area contributed by atoms with E-state index < -0.39 is 23.4 Å². The summed E-state index contributed by atoms with van der Waals surface area (Å²) in [6, 6.07) is 6.33. The topological polar surface area (TPSA) is 135 Å². The van der Waals surface area contributed by atoms with Crippen molar-refractivity contribution in [2.45, 2.75) is 0 Å². The first-order valence-corrected chi connectivity index (χ1v) is 7.54. The van der Waals surface area contributed by atoms with Crippen molar-refractivity contribution in [2.75, 3.05) is 11.9 Å². The Bertz CT molecular complexity index is 942. The Hall–Kier alpha value is -3.22. The van der Waals surface area contributed by atoms with Crippen molar-refractivity contribution in [1.29, 1.82) is 5.26 Å². The summed E-state index contributed by atoms with van der Waals surface area (Å²) < 4.78 is 4.81. The van der Waals surface area contributed by atoms with Gasteiger partial charge < -0.3 is 10.1 Å². The monoisotopic (exact) mass is 394 g/mol. The molecule has 0 saturated heterocycles. The third-order valence-electron chi connectivity index (χ3n) is 2.97. The molecule has 1 aromatic carbocycles. The highest BCUT2D eigenvalue weighted by Crippen LogP contribution is 2.22. The Labute approximate surface area is 156 Å². The van der Waals surface area contributed by atoms with E-state index in [1.165, 1.54) is 12.1 Å². The molecule has 0 radical (unpaired) electrons. The number of anilines is 1. The van der Waals surface area contributed by atoms with Gasteiger partial charge in [0, 0.05) is 18.3 Å². The summed E-state index contributed by atoms with van der Waals surface area (Å²) in [5, 5.41) is 22.1. The van der Waals surface area contributed by atoms with Crippen LogP contribution >= 0.6 is 23.2 Å². The van der Waals surface area contributed by atoms with Crippen LogP contribution in [0.5, 0.6) is 0 Å². The smallest absolute Gasteiger partial charge is 0.340 e. The van der Waals surface area contributed by atoms with Gasteiger partial charge in [-0.1, -0.05) is 23.2 Å². The number of pyridine rings is 1. The predicted molar refractivity (Wildman–Crippen MR) is 91.0 cm³/mol. The SMILES string of the molecule is N#Cc1cc([N+](=O)[O-])ccc1NC(=O)COC(=O)c1cnc(Cl)c(Cl)c1. The summed E-state index contributed by atoms with van der Waals surface area (Å²) in [4.78, 5) is 37.4. The van der Waals surface area contributed by atoms with Gasteiger partial charge in [-0.05, 0) is 12.1 Å². The van der Waals surface area contributed by atoms with Crippen LogP contribution < -0.4 is 5.32 Å². The minimum atomic E-state index is -0.851. The zero-order valence-electron chi connectivity index (χ0n) is 12.7. The van der Waals surface area contributed by atoms with Crippen LogP contribution in [0.3, 0.4) is 0 Å². The molecule has 1 heterocycles. The number of hydrogen-bond donors (Lipinski definition) is 1. The van der Waals surface area contributed by atoms with Crippen molar-refractivity contribution in [1.82, 2.24) is 4.98 Å². The van der Waals surface area contributed by atoms with Crippen LogP contribution in [0.1, 0.15) is 15.9 Å². The molecule has 9 nitrogen and oxygen atoms in total. The summed E-state index contributed by atoms with van der Waals surface area (Å²) in [5.74, 6) is -1.59. The number of amides is 1. The number of halogens is 2. The molecule has 0 unspecified atom stereocenters. The van der Waals surface area contributed by atoms with Crippen LogP contribution in [-0.2, 0) is 9.53 Å². The summed E-state index contributed by atoms with van der Waals surface area (Å²) in [6.45, 7) is -0.652. The number of nitrogens with zero attached hydrogens (tertiary/aromatic N) is 3. The molecule has 26 heavy (non-hydrogen) atoms. The highest BCUT2D eigenvalue weighted by molar-refractivity contribution is 6.41. The molecule has 0 atom stereocenters. The van der Waals surface area contributed by atoms with Crippen LogP contribution in [0.15, 0.2) is 30.5 Å². The van der Waals surface area contributed by atoms with Gasteiger partial charge in [0.25, 0.3) is 11.6 Å². The maximum atomic E-state index is 11.9. The number of nitriles is 1. The lowest BCUT2D eigenvalue weighted by atomic mass is 10.1. The van der Waals surface area contributed by atoms with E-state index in [4.69, 9.17) is 33.2 Å². The van der Waals surface area contributed by atoms with Crippen molar-refractivity contribution in [3.8, 4) is 6.07 Å². The van der Waals surface area contributed by atoms with E-state index in [9.17, 15) is 19.7 Å². The number of nitrogens with one attached hydrogen (secondary N) is 1. The third-order valence-corrected chi connectivity index (χ3v) is 3.66. The van der Waals surface area contributed by atoms with E-state index in [-0.39, 0.29) is 32.7 Å². The number of rotatable bonds is 5. The maximum Gasteiger partial charge on any atom is 0.340 e. The van der Waals surface area contributed by atoms with Gasteiger partial charge in [0.2, 0.25) is 0 Å². The molecular weight excluding hydrogens is 387 g/mol. The van der Waals surface area contributed by atoms with Gasteiger partial charge in [0.1, 0.15) is 11.2 Å². The fourth-order valence-corrected chi connectivity index (χ4v) is 2.05. The number of nitro benzene ring substituents is 1. The normalized spacial score (nSPS) is 9.88. The number of esters is 1.